The summed E-state index contributed by atoms with van der Waals surface area (Å²) in [6, 6.07) is 9.55. The van der Waals surface area contributed by atoms with Crippen LogP contribution in [-0.2, 0) is 6.54 Å². The molecule has 0 saturated heterocycles. The quantitative estimate of drug-likeness (QED) is 0.600. The minimum atomic E-state index is -0.442. The Labute approximate surface area is 145 Å². The number of aryl methyl sites for hydroxylation is 1. The number of hydrogen-bond acceptors (Lipinski definition) is 2. The van der Waals surface area contributed by atoms with E-state index in [1.54, 1.807) is 31.2 Å². The van der Waals surface area contributed by atoms with Gasteiger partial charge in [0.15, 0.2) is 5.82 Å². The average Bonchev–Trinajstić information content (AvgIpc) is 2.50. The molecule has 0 radical (unpaired) electrons. The Kier molecular flexibility index (Phi) is 4.50. The molecule has 6 heteroatoms. The highest BCUT2D eigenvalue weighted by atomic mass is 79.9. The number of anilines is 1. The summed E-state index contributed by atoms with van der Waals surface area (Å²) in [4.78, 5) is 4.21. The van der Waals surface area contributed by atoms with Gasteiger partial charge in [-0.3, -0.25) is 0 Å². The lowest BCUT2D eigenvalue weighted by molar-refractivity contribution is 0.613. The zero-order valence-corrected chi connectivity index (χ0v) is 14.5. The van der Waals surface area contributed by atoms with Crippen LogP contribution < -0.4 is 5.32 Å². The first-order valence-corrected chi connectivity index (χ1v) is 8.06. The van der Waals surface area contributed by atoms with Gasteiger partial charge in [0.1, 0.15) is 11.3 Å². The second-order valence-electron chi connectivity index (χ2n) is 5.11. The second kappa shape index (κ2) is 6.42. The van der Waals surface area contributed by atoms with Crippen LogP contribution in [0.4, 0.5) is 14.5 Å². The molecule has 0 fully saturated rings. The number of nitrogens with zero attached hydrogens (tertiary/aromatic N) is 1. The topological polar surface area (TPSA) is 24.9 Å². The predicted octanol–water partition coefficient (Wildman–Crippen LogP) is 5.85. The Morgan fingerprint density at radius 1 is 1.17 bits per heavy atom. The molecular formula is C17H12BrClF2N2. The van der Waals surface area contributed by atoms with Crippen LogP contribution in [0.1, 0.15) is 11.3 Å². The number of halogens is 4. The Balaban J connectivity index is 2.09. The Hall–Kier alpha value is -1.72. The molecule has 0 bridgehead atoms. The molecule has 0 amide bonds. The van der Waals surface area contributed by atoms with Crippen molar-refractivity contribution in [3.8, 4) is 0 Å². The van der Waals surface area contributed by atoms with Gasteiger partial charge in [0, 0.05) is 22.0 Å². The highest BCUT2D eigenvalue weighted by molar-refractivity contribution is 9.10. The van der Waals surface area contributed by atoms with Crippen LogP contribution in [0.2, 0.25) is 5.02 Å². The summed E-state index contributed by atoms with van der Waals surface area (Å²) in [5.41, 5.74) is 1.78. The van der Waals surface area contributed by atoms with E-state index in [1.165, 1.54) is 12.1 Å². The van der Waals surface area contributed by atoms with Gasteiger partial charge in [-0.15, -0.1) is 0 Å². The summed E-state index contributed by atoms with van der Waals surface area (Å²) < 4.78 is 28.5. The summed E-state index contributed by atoms with van der Waals surface area (Å²) in [6.07, 6.45) is 0. The maximum Gasteiger partial charge on any atom is 0.150 e. The maximum atomic E-state index is 14.1. The third-order valence-electron chi connectivity index (χ3n) is 3.53. The zero-order valence-electron chi connectivity index (χ0n) is 12.1. The van der Waals surface area contributed by atoms with E-state index in [-0.39, 0.29) is 17.9 Å². The van der Waals surface area contributed by atoms with E-state index in [9.17, 15) is 8.78 Å². The Morgan fingerprint density at radius 3 is 2.65 bits per heavy atom. The normalized spacial score (nSPS) is 11.0. The van der Waals surface area contributed by atoms with E-state index in [4.69, 9.17) is 11.6 Å². The first-order chi connectivity index (χ1) is 11.0. The number of rotatable bonds is 3. The van der Waals surface area contributed by atoms with Gasteiger partial charge >= 0.3 is 0 Å². The molecule has 0 saturated carbocycles. The van der Waals surface area contributed by atoms with E-state index < -0.39 is 5.82 Å². The fraction of sp³-hybridized carbons (Fsp3) is 0.118. The molecule has 0 spiro atoms. The van der Waals surface area contributed by atoms with Crippen LogP contribution in [0.3, 0.4) is 0 Å². The third-order valence-corrected chi connectivity index (χ3v) is 4.45. The highest BCUT2D eigenvalue weighted by Gasteiger charge is 2.15. The zero-order chi connectivity index (χ0) is 16.6. The van der Waals surface area contributed by atoms with E-state index in [0.717, 1.165) is 0 Å². The molecular weight excluding hydrogens is 386 g/mol. The molecule has 0 aliphatic heterocycles. The van der Waals surface area contributed by atoms with Crippen LogP contribution in [-0.4, -0.2) is 4.98 Å². The maximum absolute atomic E-state index is 14.1. The van der Waals surface area contributed by atoms with Gasteiger partial charge in [0.2, 0.25) is 0 Å². The van der Waals surface area contributed by atoms with Crippen molar-refractivity contribution in [2.45, 2.75) is 13.5 Å². The molecule has 1 N–H and O–H groups in total. The van der Waals surface area contributed by atoms with Crippen molar-refractivity contribution in [1.29, 1.82) is 0 Å². The van der Waals surface area contributed by atoms with Crippen molar-refractivity contribution in [2.24, 2.45) is 0 Å². The van der Waals surface area contributed by atoms with Crippen molar-refractivity contribution >= 4 is 44.1 Å². The number of aromatic nitrogens is 1. The van der Waals surface area contributed by atoms with Crippen LogP contribution in [0, 0.1) is 18.6 Å². The lowest BCUT2D eigenvalue weighted by atomic mass is 10.1. The van der Waals surface area contributed by atoms with Gasteiger partial charge in [0.05, 0.1) is 16.4 Å². The fourth-order valence-corrected chi connectivity index (χ4v) is 3.03. The number of nitrogens with one attached hydrogen (secondary N) is 1. The van der Waals surface area contributed by atoms with Crippen LogP contribution >= 0.6 is 27.5 Å². The van der Waals surface area contributed by atoms with Crippen LogP contribution in [0.15, 0.2) is 40.9 Å². The molecule has 0 aliphatic carbocycles. The number of pyridine rings is 1. The molecule has 23 heavy (non-hydrogen) atoms. The monoisotopic (exact) mass is 396 g/mol. The lowest BCUT2D eigenvalue weighted by Crippen LogP contribution is -2.05. The Morgan fingerprint density at radius 2 is 1.91 bits per heavy atom. The van der Waals surface area contributed by atoms with Crippen molar-refractivity contribution in [2.75, 3.05) is 5.32 Å². The van der Waals surface area contributed by atoms with Gasteiger partial charge in [0.25, 0.3) is 0 Å². The molecule has 0 aliphatic rings. The van der Waals surface area contributed by atoms with Gasteiger partial charge in [-0.2, -0.15) is 0 Å². The SMILES string of the molecule is Cc1nc2c(F)cc(Br)cc2c(NCc2ccccc2F)c1Cl. The summed E-state index contributed by atoms with van der Waals surface area (Å²) in [7, 11) is 0. The summed E-state index contributed by atoms with van der Waals surface area (Å²) in [6.45, 7) is 1.94. The molecule has 2 aromatic carbocycles. The fourth-order valence-electron chi connectivity index (χ4n) is 2.38. The van der Waals surface area contributed by atoms with Crippen LogP contribution in [0.25, 0.3) is 10.9 Å². The summed E-state index contributed by atoms with van der Waals surface area (Å²) in [5, 5.41) is 4.05. The van der Waals surface area contributed by atoms with Gasteiger partial charge < -0.3 is 5.32 Å². The summed E-state index contributed by atoms with van der Waals surface area (Å²) >= 11 is 9.60. The molecule has 1 aromatic heterocycles. The minimum Gasteiger partial charge on any atom is -0.379 e. The van der Waals surface area contributed by atoms with Crippen molar-refractivity contribution in [3.05, 3.63) is 68.8 Å². The first-order valence-electron chi connectivity index (χ1n) is 6.89. The van der Waals surface area contributed by atoms with E-state index in [2.05, 4.69) is 26.2 Å². The molecule has 3 aromatic rings. The van der Waals surface area contributed by atoms with E-state index in [1.807, 2.05) is 0 Å². The van der Waals surface area contributed by atoms with Crippen molar-refractivity contribution < 1.29 is 8.78 Å². The number of benzene rings is 2. The molecule has 0 unspecified atom stereocenters. The standard InChI is InChI=1S/C17H12BrClF2N2/c1-9-15(19)17(22-8-10-4-2-3-5-13(10)20)12-6-11(18)7-14(21)16(12)23-9/h2-7H,8H2,1H3,(H,22,23). The summed E-state index contributed by atoms with van der Waals surface area (Å²) in [5.74, 6) is -0.748. The average molecular weight is 398 g/mol. The second-order valence-corrected chi connectivity index (χ2v) is 6.41. The smallest absolute Gasteiger partial charge is 0.150 e. The first kappa shape index (κ1) is 16.1. The van der Waals surface area contributed by atoms with Crippen LogP contribution in [0.5, 0.6) is 0 Å². The largest absolute Gasteiger partial charge is 0.379 e. The minimum absolute atomic E-state index is 0.228. The predicted molar refractivity (Wildman–Crippen MR) is 92.9 cm³/mol. The number of fused-ring (bicyclic) bond motifs is 1. The van der Waals surface area contributed by atoms with E-state index >= 15 is 0 Å². The molecule has 0 atom stereocenters. The number of hydrogen-bond donors (Lipinski definition) is 1. The van der Waals surface area contributed by atoms with Gasteiger partial charge in [-0.1, -0.05) is 45.7 Å². The van der Waals surface area contributed by atoms with Crippen molar-refractivity contribution in [3.63, 3.8) is 0 Å². The molecule has 3 rings (SSSR count). The third kappa shape index (κ3) is 3.16. The van der Waals surface area contributed by atoms with Gasteiger partial charge in [-0.25, -0.2) is 13.8 Å². The highest BCUT2D eigenvalue weighted by Crippen LogP contribution is 2.35. The molecule has 118 valence electrons. The Bertz CT molecular complexity index is 899. The van der Waals surface area contributed by atoms with Gasteiger partial charge in [-0.05, 0) is 25.1 Å². The molecule has 2 nitrogen and oxygen atoms in total. The van der Waals surface area contributed by atoms with E-state index in [0.29, 0.717) is 31.8 Å². The molecule has 1 heterocycles. The van der Waals surface area contributed by atoms with Crippen molar-refractivity contribution in [1.82, 2.24) is 4.98 Å². The lowest BCUT2D eigenvalue weighted by Gasteiger charge is -2.14.